The van der Waals surface area contributed by atoms with Crippen molar-refractivity contribution in [2.24, 2.45) is 5.10 Å². The average Bonchev–Trinajstić information content (AvgIpc) is 1.69. The summed E-state index contributed by atoms with van der Waals surface area (Å²) < 4.78 is 0. The molecule has 0 unspecified atom stereocenters. The van der Waals surface area contributed by atoms with Gasteiger partial charge in [0.25, 0.3) is 0 Å². The summed E-state index contributed by atoms with van der Waals surface area (Å²) >= 11 is 0. The molecule has 0 aliphatic rings. The molecule has 7 heavy (non-hydrogen) atoms. The van der Waals surface area contributed by atoms with Gasteiger partial charge < -0.3 is 0 Å². The van der Waals surface area contributed by atoms with Crippen LogP contribution in [0.15, 0.2) is 23.1 Å². The van der Waals surface area contributed by atoms with Crippen LogP contribution in [0.5, 0.6) is 0 Å². The van der Waals surface area contributed by atoms with Crippen molar-refractivity contribution in [1.82, 2.24) is 0 Å². The van der Waals surface area contributed by atoms with E-state index in [2.05, 4.69) is 34.0 Å². The first-order valence-electron chi connectivity index (χ1n) is 1.50. The zero-order chi connectivity index (χ0) is 5.54. The van der Waals surface area contributed by atoms with Crippen molar-refractivity contribution in [2.45, 2.75) is 0 Å². The molecule has 0 fully saturated rings. The molecule has 0 saturated heterocycles. The quantitative estimate of drug-likeness (QED) is 0.182. The van der Waals surface area contributed by atoms with Gasteiger partial charge in [-0.25, -0.2) is 0 Å². The summed E-state index contributed by atoms with van der Waals surface area (Å²) in [5.41, 5.74) is 4.51. The Labute approximate surface area is 41.6 Å². The van der Waals surface area contributed by atoms with Crippen LogP contribution in [0.25, 0.3) is 4.95 Å². The minimum Gasteiger partial charge on any atom is -0.180 e. The molecule has 0 aromatic rings. The monoisotopic (exact) mass is 90.0 g/mol. The zero-order valence-corrected chi connectivity index (χ0v) is 3.60. The van der Waals surface area contributed by atoms with E-state index >= 15 is 0 Å². The normalized spacial score (nSPS) is 3.86. The molecule has 0 atom stereocenters. The van der Waals surface area contributed by atoms with E-state index in [4.69, 9.17) is 6.57 Å². The van der Waals surface area contributed by atoms with E-state index in [9.17, 15) is 0 Å². The fourth-order valence-electron chi connectivity index (χ4n) is 0.0895. The first-order chi connectivity index (χ1) is 3.41. The van der Waals surface area contributed by atoms with Gasteiger partial charge >= 0.3 is 0 Å². The van der Waals surface area contributed by atoms with Gasteiger partial charge in [0.1, 0.15) is 11.0 Å². The second-order valence-corrected chi connectivity index (χ2v) is 0.614. The molecule has 0 aliphatic heterocycles. The lowest BCUT2D eigenvalue weighted by molar-refractivity contribution is 1.62. The van der Waals surface area contributed by atoms with Crippen LogP contribution in [0.3, 0.4) is 0 Å². The Morgan fingerprint density at radius 2 is 2.43 bits per heavy atom. The molecule has 0 radical (unpaired) electrons. The summed E-state index contributed by atoms with van der Waals surface area (Å²) in [4.78, 5) is 2.61. The van der Waals surface area contributed by atoms with E-state index in [1.807, 2.05) is 0 Å². The number of hydrogen-bond donors (Lipinski definition) is 0. The zero-order valence-electron chi connectivity index (χ0n) is 3.60. The highest BCUT2D eigenvalue weighted by molar-refractivity contribution is 5.50. The van der Waals surface area contributed by atoms with Crippen LogP contribution in [0.4, 0.5) is 0 Å². The third-order valence-electron chi connectivity index (χ3n) is 0.244. The van der Waals surface area contributed by atoms with Crippen LogP contribution in [0, 0.1) is 6.57 Å². The SMILES string of the molecule is [C-]#[N+]N=C=C=C=C. The number of rotatable bonds is 0. The summed E-state index contributed by atoms with van der Waals surface area (Å²) in [5, 5.41) is 2.99. The maximum absolute atomic E-state index is 6.09. The molecule has 0 heterocycles. The topological polar surface area (TPSA) is 16.7 Å². The van der Waals surface area contributed by atoms with Crippen LogP contribution < -0.4 is 0 Å². The van der Waals surface area contributed by atoms with Crippen LogP contribution >= 0.6 is 0 Å². The minimum atomic E-state index is 2.13. The molecular weight excluding hydrogens is 88.1 g/mol. The Morgan fingerprint density at radius 3 is 2.86 bits per heavy atom. The molecule has 0 spiro atoms. The summed E-state index contributed by atoms with van der Waals surface area (Å²) in [6, 6.07) is 0. The lowest BCUT2D eigenvalue weighted by Gasteiger charge is -1.39. The van der Waals surface area contributed by atoms with Gasteiger partial charge in [0.2, 0.25) is 0 Å². The Morgan fingerprint density at radius 1 is 1.71 bits per heavy atom. The van der Waals surface area contributed by atoms with Crippen LogP contribution in [-0.4, -0.2) is 5.87 Å². The fraction of sp³-hybridized carbons (Fsp3) is 0. The molecule has 0 aromatic carbocycles. The number of hydrogen-bond acceptors (Lipinski definition) is 1. The average molecular weight is 90.1 g/mol. The van der Waals surface area contributed by atoms with Gasteiger partial charge in [-0.1, -0.05) is 5.73 Å². The molecule has 0 aliphatic carbocycles. The predicted molar refractivity (Wildman–Crippen MR) is 26.7 cm³/mol. The summed E-state index contributed by atoms with van der Waals surface area (Å²) in [5.74, 6) is 2.13. The van der Waals surface area contributed by atoms with Crippen molar-refractivity contribution < 1.29 is 0 Å². The molecule has 0 amide bonds. The largest absolute Gasteiger partial charge is 0.180 e. The van der Waals surface area contributed by atoms with Crippen molar-refractivity contribution in [3.8, 4) is 0 Å². The Kier molecular flexibility index (Phi) is 3.54. The Hall–Kier alpha value is -1.50. The van der Waals surface area contributed by atoms with Crippen molar-refractivity contribution in [2.75, 3.05) is 0 Å². The maximum Gasteiger partial charge on any atom is 0.146 e. The van der Waals surface area contributed by atoms with Gasteiger partial charge in [-0.2, -0.15) is 6.57 Å². The highest BCUT2D eigenvalue weighted by Crippen LogP contribution is 1.55. The smallest absolute Gasteiger partial charge is 0.146 e. The molecule has 0 aromatic heterocycles. The summed E-state index contributed by atoms with van der Waals surface area (Å²) in [6.07, 6.45) is 0. The Balaban J connectivity index is 4.27. The fourth-order valence-corrected chi connectivity index (χ4v) is 0.0895. The van der Waals surface area contributed by atoms with Crippen molar-refractivity contribution in [3.05, 3.63) is 29.6 Å². The lowest BCUT2D eigenvalue weighted by atomic mass is 10.8. The maximum atomic E-state index is 6.09. The van der Waals surface area contributed by atoms with Crippen LogP contribution in [0.1, 0.15) is 0 Å². The first-order valence-corrected chi connectivity index (χ1v) is 1.50. The molecule has 0 rings (SSSR count). The summed E-state index contributed by atoms with van der Waals surface area (Å²) in [7, 11) is 0. The van der Waals surface area contributed by atoms with E-state index in [0.717, 1.165) is 0 Å². The number of nitrogens with zero attached hydrogens (tertiary/aromatic N) is 2. The second kappa shape index (κ2) is 4.50. The van der Waals surface area contributed by atoms with Crippen LogP contribution in [0.2, 0.25) is 0 Å². The molecule has 0 bridgehead atoms. The third-order valence-corrected chi connectivity index (χ3v) is 0.244. The predicted octanol–water partition coefficient (Wildman–Crippen LogP) is 0.987. The molecule has 0 N–H and O–H groups in total. The van der Waals surface area contributed by atoms with Crippen molar-refractivity contribution in [1.29, 1.82) is 0 Å². The highest BCUT2D eigenvalue weighted by atomic mass is 15.1. The standard InChI is InChI=1S/C5H2N2/c1-3-4-5-7-6-2/h1H2. The van der Waals surface area contributed by atoms with E-state index in [-0.39, 0.29) is 0 Å². The van der Waals surface area contributed by atoms with E-state index in [1.165, 1.54) is 0 Å². The van der Waals surface area contributed by atoms with Gasteiger partial charge in [0, 0.05) is 5.73 Å². The second-order valence-electron chi connectivity index (χ2n) is 0.614. The lowest BCUT2D eigenvalue weighted by Crippen LogP contribution is -1.35. The van der Waals surface area contributed by atoms with Gasteiger partial charge in [-0.05, 0) is 6.58 Å². The van der Waals surface area contributed by atoms with Crippen molar-refractivity contribution >= 4 is 5.87 Å². The van der Waals surface area contributed by atoms with Crippen LogP contribution in [-0.2, 0) is 0 Å². The molecule has 32 valence electrons. The van der Waals surface area contributed by atoms with E-state index < -0.39 is 0 Å². The van der Waals surface area contributed by atoms with Gasteiger partial charge in [0.15, 0.2) is 0 Å². The van der Waals surface area contributed by atoms with E-state index in [1.54, 1.807) is 0 Å². The third kappa shape index (κ3) is 4.50. The summed E-state index contributed by atoms with van der Waals surface area (Å²) in [6.45, 7) is 9.26. The molecular formula is C5H2N2. The molecule has 2 heteroatoms. The molecule has 0 saturated carbocycles. The van der Waals surface area contributed by atoms with Gasteiger partial charge in [-0.15, -0.1) is 4.95 Å². The van der Waals surface area contributed by atoms with Gasteiger partial charge in [-0.3, -0.25) is 0 Å². The van der Waals surface area contributed by atoms with Gasteiger partial charge in [0.05, 0.1) is 0 Å². The first kappa shape index (κ1) is 5.50. The minimum absolute atomic E-state index is 2.13. The van der Waals surface area contributed by atoms with Crippen molar-refractivity contribution in [3.63, 3.8) is 0 Å². The Bertz CT molecular complexity index is 191. The highest BCUT2D eigenvalue weighted by Gasteiger charge is 1.46. The van der Waals surface area contributed by atoms with E-state index in [0.29, 0.717) is 0 Å². The molecule has 2 nitrogen and oxygen atoms in total.